The molecule has 0 saturated carbocycles. The van der Waals surface area contributed by atoms with Crippen molar-refractivity contribution in [3.8, 4) is 16.9 Å². The molecule has 1 atom stereocenters. The van der Waals surface area contributed by atoms with Gasteiger partial charge in [-0.15, -0.1) is 13.2 Å². The fraction of sp³-hybridized carbons (Fsp3) is 0.333. The zero-order valence-corrected chi connectivity index (χ0v) is 13.0. The molecule has 6 heteroatoms. The van der Waals surface area contributed by atoms with Crippen LogP contribution in [-0.2, 0) is 11.3 Å². The number of hydrogen-bond donors (Lipinski definition) is 1. The van der Waals surface area contributed by atoms with Crippen molar-refractivity contribution >= 4 is 0 Å². The van der Waals surface area contributed by atoms with Crippen LogP contribution in [0, 0.1) is 0 Å². The van der Waals surface area contributed by atoms with E-state index < -0.39 is 6.36 Å². The standard InChI is InChI=1S/C18H18F3NO2/c19-18(20,21)24-17-8-4-3-7-16(17)15-6-2-1-5-13(15)12-23-14-9-10-22-11-14/h1-8,14,22H,9-12H2/t14-/m0/s1. The quantitative estimate of drug-likeness (QED) is 0.890. The van der Waals surface area contributed by atoms with Gasteiger partial charge in [0.1, 0.15) is 5.75 Å². The van der Waals surface area contributed by atoms with Crippen molar-refractivity contribution in [1.29, 1.82) is 0 Å². The number of hydrogen-bond acceptors (Lipinski definition) is 3. The van der Waals surface area contributed by atoms with E-state index in [9.17, 15) is 13.2 Å². The van der Waals surface area contributed by atoms with Gasteiger partial charge < -0.3 is 14.8 Å². The fourth-order valence-electron chi connectivity index (χ4n) is 2.79. The molecule has 128 valence electrons. The molecule has 0 radical (unpaired) electrons. The molecule has 0 spiro atoms. The molecule has 0 amide bonds. The van der Waals surface area contributed by atoms with Crippen molar-refractivity contribution in [2.24, 2.45) is 0 Å². The Labute approximate surface area is 138 Å². The third-order valence-electron chi connectivity index (χ3n) is 3.91. The van der Waals surface area contributed by atoms with Crippen molar-refractivity contribution in [3.05, 3.63) is 54.1 Å². The molecule has 1 saturated heterocycles. The predicted octanol–water partition coefficient (Wildman–Crippen LogP) is 4.13. The predicted molar refractivity (Wildman–Crippen MR) is 84.6 cm³/mol. The maximum Gasteiger partial charge on any atom is 0.573 e. The van der Waals surface area contributed by atoms with Crippen molar-refractivity contribution < 1.29 is 22.6 Å². The summed E-state index contributed by atoms with van der Waals surface area (Å²) in [7, 11) is 0. The lowest BCUT2D eigenvalue weighted by Gasteiger charge is -2.17. The van der Waals surface area contributed by atoms with Crippen molar-refractivity contribution in [3.63, 3.8) is 0 Å². The van der Waals surface area contributed by atoms with E-state index in [0.29, 0.717) is 17.7 Å². The van der Waals surface area contributed by atoms with Gasteiger partial charge in [-0.1, -0.05) is 42.5 Å². The Hall–Kier alpha value is -2.05. The highest BCUT2D eigenvalue weighted by Crippen LogP contribution is 2.35. The van der Waals surface area contributed by atoms with Crippen LogP contribution in [0.2, 0.25) is 0 Å². The normalized spacial score (nSPS) is 17.9. The molecule has 1 aliphatic rings. The van der Waals surface area contributed by atoms with Crippen molar-refractivity contribution in [2.75, 3.05) is 13.1 Å². The molecular weight excluding hydrogens is 319 g/mol. The maximum absolute atomic E-state index is 12.6. The first-order valence-corrected chi connectivity index (χ1v) is 7.78. The molecule has 24 heavy (non-hydrogen) atoms. The molecule has 1 heterocycles. The third kappa shape index (κ3) is 4.27. The van der Waals surface area contributed by atoms with Crippen LogP contribution < -0.4 is 10.1 Å². The van der Waals surface area contributed by atoms with E-state index in [2.05, 4.69) is 10.1 Å². The van der Waals surface area contributed by atoms with E-state index >= 15 is 0 Å². The summed E-state index contributed by atoms with van der Waals surface area (Å²) in [6, 6.07) is 13.4. The zero-order chi connectivity index (χ0) is 17.0. The minimum absolute atomic E-state index is 0.139. The number of rotatable bonds is 5. The molecule has 1 aliphatic heterocycles. The molecule has 3 nitrogen and oxygen atoms in total. The second kappa shape index (κ2) is 7.23. The summed E-state index contributed by atoms with van der Waals surface area (Å²) in [6.07, 6.45) is -3.65. The number of nitrogens with one attached hydrogen (secondary N) is 1. The van der Waals surface area contributed by atoms with Gasteiger partial charge in [-0.25, -0.2) is 0 Å². The Kier molecular flexibility index (Phi) is 5.06. The van der Waals surface area contributed by atoms with Crippen LogP contribution in [0.3, 0.4) is 0 Å². The van der Waals surface area contributed by atoms with Gasteiger partial charge in [-0.05, 0) is 30.2 Å². The Morgan fingerprint density at radius 1 is 1.00 bits per heavy atom. The molecule has 1 fully saturated rings. The van der Waals surface area contributed by atoms with E-state index in [1.165, 1.54) is 12.1 Å². The lowest BCUT2D eigenvalue weighted by atomic mass is 9.99. The largest absolute Gasteiger partial charge is 0.573 e. The number of para-hydroxylation sites is 1. The fourth-order valence-corrected chi connectivity index (χ4v) is 2.79. The Bertz CT molecular complexity index is 682. The molecule has 3 rings (SSSR count). The van der Waals surface area contributed by atoms with Crippen LogP contribution in [0.1, 0.15) is 12.0 Å². The van der Waals surface area contributed by atoms with E-state index in [1.54, 1.807) is 24.3 Å². The summed E-state index contributed by atoms with van der Waals surface area (Å²) >= 11 is 0. The average Bonchev–Trinajstić information content (AvgIpc) is 3.06. The van der Waals surface area contributed by atoms with Crippen LogP contribution in [-0.4, -0.2) is 25.6 Å². The van der Waals surface area contributed by atoms with E-state index in [0.717, 1.165) is 25.1 Å². The highest BCUT2D eigenvalue weighted by Gasteiger charge is 2.32. The first-order valence-electron chi connectivity index (χ1n) is 7.78. The van der Waals surface area contributed by atoms with Gasteiger partial charge in [-0.3, -0.25) is 0 Å². The smallest absolute Gasteiger partial charge is 0.405 e. The molecule has 1 N–H and O–H groups in total. The van der Waals surface area contributed by atoms with Gasteiger partial charge in [0.2, 0.25) is 0 Å². The minimum Gasteiger partial charge on any atom is -0.405 e. The molecular formula is C18H18F3NO2. The molecule has 0 bridgehead atoms. The molecule has 2 aromatic rings. The van der Waals surface area contributed by atoms with Gasteiger partial charge in [-0.2, -0.15) is 0 Å². The van der Waals surface area contributed by atoms with Crippen LogP contribution in [0.25, 0.3) is 11.1 Å². The molecule has 2 aromatic carbocycles. The van der Waals surface area contributed by atoms with E-state index in [1.807, 2.05) is 12.1 Å². The number of ether oxygens (including phenoxy) is 2. The lowest BCUT2D eigenvalue weighted by Crippen LogP contribution is -2.18. The number of alkyl halides is 3. The van der Waals surface area contributed by atoms with Gasteiger partial charge in [0.25, 0.3) is 0 Å². The first kappa shape index (κ1) is 16.8. The minimum atomic E-state index is -4.73. The molecule has 0 aliphatic carbocycles. The summed E-state index contributed by atoms with van der Waals surface area (Å²) in [6.45, 7) is 2.08. The number of halogens is 3. The van der Waals surface area contributed by atoms with E-state index in [-0.39, 0.29) is 11.9 Å². The van der Waals surface area contributed by atoms with Crippen molar-refractivity contribution in [2.45, 2.75) is 25.5 Å². The summed E-state index contributed by atoms with van der Waals surface area (Å²) in [4.78, 5) is 0. The maximum atomic E-state index is 12.6. The average molecular weight is 337 g/mol. The summed E-state index contributed by atoms with van der Waals surface area (Å²) in [5, 5.41) is 3.22. The SMILES string of the molecule is FC(F)(F)Oc1ccccc1-c1ccccc1CO[C@H]1CCNC1. The van der Waals surface area contributed by atoms with Crippen LogP contribution >= 0.6 is 0 Å². The Balaban J connectivity index is 1.86. The summed E-state index contributed by atoms with van der Waals surface area (Å²) in [5.41, 5.74) is 1.92. The van der Waals surface area contributed by atoms with Crippen LogP contribution in [0.15, 0.2) is 48.5 Å². The van der Waals surface area contributed by atoms with Gasteiger partial charge in [0.05, 0.1) is 12.7 Å². The lowest BCUT2D eigenvalue weighted by molar-refractivity contribution is -0.274. The highest BCUT2D eigenvalue weighted by molar-refractivity contribution is 5.73. The zero-order valence-electron chi connectivity index (χ0n) is 13.0. The Morgan fingerprint density at radius 2 is 1.71 bits per heavy atom. The molecule has 0 aromatic heterocycles. The third-order valence-corrected chi connectivity index (χ3v) is 3.91. The van der Waals surface area contributed by atoms with Gasteiger partial charge in [0.15, 0.2) is 0 Å². The van der Waals surface area contributed by atoms with Gasteiger partial charge >= 0.3 is 6.36 Å². The summed E-state index contributed by atoms with van der Waals surface area (Å²) in [5.74, 6) is -0.208. The second-order valence-corrected chi connectivity index (χ2v) is 5.63. The van der Waals surface area contributed by atoms with E-state index in [4.69, 9.17) is 4.74 Å². The number of benzene rings is 2. The van der Waals surface area contributed by atoms with Crippen LogP contribution in [0.5, 0.6) is 5.75 Å². The topological polar surface area (TPSA) is 30.5 Å². The highest BCUT2D eigenvalue weighted by atomic mass is 19.4. The second-order valence-electron chi connectivity index (χ2n) is 5.63. The first-order chi connectivity index (χ1) is 11.5. The van der Waals surface area contributed by atoms with Crippen LogP contribution in [0.4, 0.5) is 13.2 Å². The van der Waals surface area contributed by atoms with Gasteiger partial charge in [0, 0.05) is 12.1 Å². The molecule has 0 unspecified atom stereocenters. The summed E-state index contributed by atoms with van der Waals surface area (Å²) < 4.78 is 47.9. The van der Waals surface area contributed by atoms with Crippen molar-refractivity contribution in [1.82, 2.24) is 5.32 Å². The monoisotopic (exact) mass is 337 g/mol. The Morgan fingerprint density at radius 3 is 2.42 bits per heavy atom.